The molecule has 1 N–H and O–H groups in total. The van der Waals surface area contributed by atoms with Gasteiger partial charge in [-0.25, -0.2) is 0 Å². The van der Waals surface area contributed by atoms with Crippen molar-refractivity contribution in [2.75, 3.05) is 0 Å². The SMILES string of the molecule is CCCCCCC/C=C\c1cc(=O)c2ccccc2n1O. The molecule has 1 aromatic heterocycles. The summed E-state index contributed by atoms with van der Waals surface area (Å²) < 4.78 is 1.09. The van der Waals surface area contributed by atoms with Crippen LogP contribution in [-0.4, -0.2) is 9.94 Å². The van der Waals surface area contributed by atoms with E-state index in [4.69, 9.17) is 0 Å². The van der Waals surface area contributed by atoms with Crippen LogP contribution >= 0.6 is 0 Å². The van der Waals surface area contributed by atoms with Crippen LogP contribution in [0.3, 0.4) is 0 Å². The summed E-state index contributed by atoms with van der Waals surface area (Å²) in [7, 11) is 0. The van der Waals surface area contributed by atoms with Gasteiger partial charge in [0.1, 0.15) is 0 Å². The maximum absolute atomic E-state index is 12.0. The van der Waals surface area contributed by atoms with Gasteiger partial charge < -0.3 is 5.21 Å². The number of aromatic nitrogens is 1. The normalized spacial score (nSPS) is 11.5. The van der Waals surface area contributed by atoms with Gasteiger partial charge in [0.05, 0.1) is 11.2 Å². The van der Waals surface area contributed by atoms with Gasteiger partial charge >= 0.3 is 0 Å². The van der Waals surface area contributed by atoms with Crippen molar-refractivity contribution in [2.24, 2.45) is 0 Å². The molecule has 21 heavy (non-hydrogen) atoms. The molecule has 112 valence electrons. The van der Waals surface area contributed by atoms with Gasteiger partial charge in [0.2, 0.25) is 0 Å². The number of allylic oxidation sites excluding steroid dienone is 1. The average Bonchev–Trinajstić information content (AvgIpc) is 2.51. The molecule has 0 amide bonds. The summed E-state index contributed by atoms with van der Waals surface area (Å²) in [5.74, 6) is 0. The smallest absolute Gasteiger partial charge is 0.190 e. The quantitative estimate of drug-likeness (QED) is 0.596. The Morgan fingerprint density at radius 2 is 1.90 bits per heavy atom. The minimum atomic E-state index is -0.0569. The second-order valence-electron chi connectivity index (χ2n) is 5.37. The Morgan fingerprint density at radius 3 is 2.71 bits per heavy atom. The zero-order valence-corrected chi connectivity index (χ0v) is 12.6. The summed E-state index contributed by atoms with van der Waals surface area (Å²) in [5, 5.41) is 10.7. The first-order valence-electron chi connectivity index (χ1n) is 7.74. The Morgan fingerprint density at radius 1 is 1.14 bits per heavy atom. The Balaban J connectivity index is 2.05. The number of rotatable bonds is 7. The monoisotopic (exact) mass is 285 g/mol. The predicted molar refractivity (Wildman–Crippen MR) is 87.8 cm³/mol. The molecule has 0 bridgehead atoms. The fourth-order valence-electron chi connectivity index (χ4n) is 2.47. The van der Waals surface area contributed by atoms with Gasteiger partial charge in [-0.3, -0.25) is 4.79 Å². The third-order valence-corrected chi connectivity index (χ3v) is 3.68. The van der Waals surface area contributed by atoms with Crippen molar-refractivity contribution in [1.29, 1.82) is 0 Å². The first kappa shape index (κ1) is 15.4. The first-order valence-corrected chi connectivity index (χ1v) is 7.74. The number of hydrogen-bond acceptors (Lipinski definition) is 2. The molecule has 0 saturated carbocycles. The van der Waals surface area contributed by atoms with Crippen molar-refractivity contribution in [3.05, 3.63) is 52.3 Å². The zero-order valence-electron chi connectivity index (χ0n) is 12.6. The second kappa shape index (κ2) is 7.67. The van der Waals surface area contributed by atoms with E-state index in [1.807, 2.05) is 18.2 Å². The molecule has 0 spiro atoms. The average molecular weight is 285 g/mol. The summed E-state index contributed by atoms with van der Waals surface area (Å²) in [6.45, 7) is 2.21. The molecular formula is C18H23NO2. The number of pyridine rings is 1. The van der Waals surface area contributed by atoms with E-state index in [2.05, 4.69) is 6.92 Å². The standard InChI is InChI=1S/C18H23NO2/c1-2-3-4-5-6-7-8-11-15-14-18(20)16-12-9-10-13-17(16)19(15)21/h8-14,21H,2-7H2,1H3/b11-8-. The predicted octanol–water partition coefficient (Wildman–Crippen LogP) is 4.61. The molecule has 0 unspecified atom stereocenters. The van der Waals surface area contributed by atoms with Crippen molar-refractivity contribution >= 4 is 17.0 Å². The summed E-state index contributed by atoms with van der Waals surface area (Å²) in [5.41, 5.74) is 1.03. The van der Waals surface area contributed by atoms with Gasteiger partial charge in [-0.15, -0.1) is 0 Å². The molecule has 1 aromatic carbocycles. The lowest BCUT2D eigenvalue weighted by Crippen LogP contribution is -2.09. The van der Waals surface area contributed by atoms with Crippen LogP contribution in [0.1, 0.15) is 51.1 Å². The highest BCUT2D eigenvalue weighted by molar-refractivity contribution is 5.79. The van der Waals surface area contributed by atoms with Crippen molar-refractivity contribution in [3.8, 4) is 0 Å². The Kier molecular flexibility index (Phi) is 5.61. The summed E-state index contributed by atoms with van der Waals surface area (Å²) in [6.07, 6.45) is 11.1. The van der Waals surface area contributed by atoms with Gasteiger partial charge in [0, 0.05) is 11.5 Å². The molecule has 0 radical (unpaired) electrons. The summed E-state index contributed by atoms with van der Waals surface area (Å²) in [4.78, 5) is 12.0. The number of fused-ring (bicyclic) bond motifs is 1. The Labute approximate surface area is 125 Å². The number of nitrogens with zero attached hydrogens (tertiary/aromatic N) is 1. The summed E-state index contributed by atoms with van der Waals surface area (Å²) >= 11 is 0. The van der Waals surface area contributed by atoms with E-state index in [0.717, 1.165) is 17.6 Å². The van der Waals surface area contributed by atoms with Crippen LogP contribution in [-0.2, 0) is 0 Å². The molecule has 0 aliphatic carbocycles. The highest BCUT2D eigenvalue weighted by Crippen LogP contribution is 2.13. The largest absolute Gasteiger partial charge is 0.428 e. The topological polar surface area (TPSA) is 42.2 Å². The minimum Gasteiger partial charge on any atom is -0.428 e. The molecular weight excluding hydrogens is 262 g/mol. The lowest BCUT2D eigenvalue weighted by atomic mass is 10.1. The Hall–Kier alpha value is -2.03. The van der Waals surface area contributed by atoms with Gasteiger partial charge in [0.25, 0.3) is 0 Å². The van der Waals surface area contributed by atoms with E-state index in [-0.39, 0.29) is 5.43 Å². The van der Waals surface area contributed by atoms with E-state index >= 15 is 0 Å². The molecule has 0 atom stereocenters. The van der Waals surface area contributed by atoms with Crippen LogP contribution in [0.2, 0.25) is 0 Å². The van der Waals surface area contributed by atoms with Crippen molar-refractivity contribution < 1.29 is 5.21 Å². The van der Waals surface area contributed by atoms with Crippen LogP contribution in [0.15, 0.2) is 41.2 Å². The summed E-state index contributed by atoms with van der Waals surface area (Å²) in [6, 6.07) is 8.58. The lowest BCUT2D eigenvalue weighted by molar-refractivity contribution is 0.196. The molecule has 3 heteroatoms. The van der Waals surface area contributed by atoms with E-state index in [1.54, 1.807) is 18.2 Å². The number of unbranched alkanes of at least 4 members (excludes halogenated alkanes) is 5. The molecule has 0 saturated heterocycles. The van der Waals surface area contributed by atoms with E-state index < -0.39 is 0 Å². The highest BCUT2D eigenvalue weighted by atomic mass is 16.5. The van der Waals surface area contributed by atoms with Crippen LogP contribution in [0.25, 0.3) is 17.0 Å². The third kappa shape index (κ3) is 3.97. The third-order valence-electron chi connectivity index (χ3n) is 3.68. The highest BCUT2D eigenvalue weighted by Gasteiger charge is 2.05. The van der Waals surface area contributed by atoms with Gasteiger partial charge in [0.15, 0.2) is 5.43 Å². The van der Waals surface area contributed by atoms with Crippen LogP contribution in [0.5, 0.6) is 0 Å². The van der Waals surface area contributed by atoms with Crippen molar-refractivity contribution in [2.45, 2.75) is 45.4 Å². The second-order valence-corrected chi connectivity index (χ2v) is 5.37. The lowest BCUT2D eigenvalue weighted by Gasteiger charge is -2.07. The van der Waals surface area contributed by atoms with Crippen LogP contribution < -0.4 is 5.43 Å². The van der Waals surface area contributed by atoms with Gasteiger partial charge in [-0.2, -0.15) is 4.73 Å². The van der Waals surface area contributed by atoms with E-state index in [1.165, 1.54) is 31.7 Å². The maximum atomic E-state index is 12.0. The maximum Gasteiger partial charge on any atom is 0.190 e. The number of para-hydroxylation sites is 1. The molecule has 3 nitrogen and oxygen atoms in total. The van der Waals surface area contributed by atoms with Crippen molar-refractivity contribution in [3.63, 3.8) is 0 Å². The minimum absolute atomic E-state index is 0.0569. The molecule has 0 fully saturated rings. The van der Waals surface area contributed by atoms with Gasteiger partial charge in [-0.1, -0.05) is 50.8 Å². The number of hydrogen-bond donors (Lipinski definition) is 1. The fraction of sp³-hybridized carbons (Fsp3) is 0.389. The molecule has 2 rings (SSSR count). The molecule has 2 aromatic rings. The van der Waals surface area contributed by atoms with E-state index in [9.17, 15) is 10.0 Å². The van der Waals surface area contributed by atoms with E-state index in [0.29, 0.717) is 16.6 Å². The van der Waals surface area contributed by atoms with Crippen LogP contribution in [0.4, 0.5) is 0 Å². The fourth-order valence-corrected chi connectivity index (χ4v) is 2.47. The van der Waals surface area contributed by atoms with Crippen LogP contribution in [0, 0.1) is 0 Å². The van der Waals surface area contributed by atoms with Gasteiger partial charge in [-0.05, 0) is 31.1 Å². The Bertz CT molecular complexity index is 670. The molecule has 0 aliphatic rings. The molecule has 1 heterocycles. The zero-order chi connectivity index (χ0) is 15.1. The first-order chi connectivity index (χ1) is 10.2. The molecule has 0 aliphatic heterocycles. The van der Waals surface area contributed by atoms with Crippen molar-refractivity contribution in [1.82, 2.24) is 4.73 Å². The number of benzene rings is 1.